The molecule has 0 radical (unpaired) electrons. The highest BCUT2D eigenvalue weighted by Gasteiger charge is 2.14. The molecule has 0 fully saturated rings. The first-order valence-corrected chi connectivity index (χ1v) is 5.94. The number of nitrogens with zero attached hydrogens (tertiary/aromatic N) is 3. The van der Waals surface area contributed by atoms with Crippen molar-refractivity contribution in [3.8, 4) is 5.69 Å². The fraction of sp³-hybridized carbons (Fsp3) is 0.308. The van der Waals surface area contributed by atoms with Crippen LogP contribution < -0.4 is 5.73 Å². The average molecular weight is 260 g/mol. The zero-order valence-corrected chi connectivity index (χ0v) is 10.9. The summed E-state index contributed by atoms with van der Waals surface area (Å²) < 4.78 is 1.63. The molecular weight excluding hydrogens is 244 g/mol. The Kier molecular flexibility index (Phi) is 3.62. The van der Waals surface area contributed by atoms with E-state index in [1.807, 2.05) is 26.0 Å². The molecule has 0 aliphatic heterocycles. The molecule has 2 rings (SSSR count). The van der Waals surface area contributed by atoms with E-state index in [0.29, 0.717) is 5.69 Å². The summed E-state index contributed by atoms with van der Waals surface area (Å²) in [5, 5.41) is 16.7. The molecule has 3 N–H and O–H groups in total. The van der Waals surface area contributed by atoms with Gasteiger partial charge in [-0.15, -0.1) is 5.10 Å². The van der Waals surface area contributed by atoms with Gasteiger partial charge in [0.2, 0.25) is 0 Å². The van der Waals surface area contributed by atoms with Gasteiger partial charge in [0.15, 0.2) is 0 Å². The van der Waals surface area contributed by atoms with E-state index < -0.39 is 12.0 Å². The van der Waals surface area contributed by atoms with Gasteiger partial charge >= 0.3 is 5.97 Å². The number of carbonyl (C=O) groups is 1. The Balaban J connectivity index is 2.23. The molecule has 0 saturated heterocycles. The predicted octanol–water partition coefficient (Wildman–Crippen LogP) is 0.839. The van der Waals surface area contributed by atoms with E-state index in [0.717, 1.165) is 16.8 Å². The van der Waals surface area contributed by atoms with Crippen molar-refractivity contribution in [2.24, 2.45) is 5.73 Å². The van der Waals surface area contributed by atoms with Crippen LogP contribution in [-0.2, 0) is 11.2 Å². The summed E-state index contributed by atoms with van der Waals surface area (Å²) in [6, 6.07) is 5.09. The van der Waals surface area contributed by atoms with E-state index in [-0.39, 0.29) is 6.42 Å². The molecule has 1 aromatic heterocycles. The van der Waals surface area contributed by atoms with Crippen molar-refractivity contribution in [1.29, 1.82) is 0 Å². The average Bonchev–Trinajstić information content (AvgIpc) is 2.76. The quantitative estimate of drug-likeness (QED) is 0.849. The van der Waals surface area contributed by atoms with Crippen LogP contribution in [0.15, 0.2) is 24.4 Å². The number of nitrogens with two attached hydrogens (primary N) is 1. The first-order valence-electron chi connectivity index (χ1n) is 5.94. The lowest BCUT2D eigenvalue weighted by Crippen LogP contribution is -2.32. The lowest BCUT2D eigenvalue weighted by Gasteiger charge is -2.04. The van der Waals surface area contributed by atoms with Gasteiger partial charge in [0.1, 0.15) is 6.04 Å². The van der Waals surface area contributed by atoms with Crippen LogP contribution in [0.3, 0.4) is 0 Å². The van der Waals surface area contributed by atoms with Crippen molar-refractivity contribution >= 4 is 5.97 Å². The number of hydrogen-bond acceptors (Lipinski definition) is 4. The maximum atomic E-state index is 10.7. The maximum absolute atomic E-state index is 10.7. The van der Waals surface area contributed by atoms with E-state index in [2.05, 4.69) is 16.4 Å². The van der Waals surface area contributed by atoms with Crippen LogP contribution >= 0.6 is 0 Å². The Hall–Kier alpha value is -2.21. The molecule has 6 heteroatoms. The lowest BCUT2D eigenvalue weighted by molar-refractivity contribution is -0.138. The molecule has 100 valence electrons. The van der Waals surface area contributed by atoms with Crippen LogP contribution in [0.4, 0.5) is 0 Å². The van der Waals surface area contributed by atoms with E-state index in [9.17, 15) is 4.79 Å². The molecular formula is C13H16N4O2. The molecule has 1 atom stereocenters. The second-order valence-electron chi connectivity index (χ2n) is 4.65. The number of carboxylic acid groups (broad SMARTS) is 1. The summed E-state index contributed by atoms with van der Waals surface area (Å²) in [5.74, 6) is -1.04. The van der Waals surface area contributed by atoms with Gasteiger partial charge in [0.25, 0.3) is 0 Å². The topological polar surface area (TPSA) is 94.0 Å². The fourth-order valence-electron chi connectivity index (χ4n) is 1.91. The number of aryl methyl sites for hydroxylation is 2. The molecule has 0 aliphatic carbocycles. The Morgan fingerprint density at radius 3 is 2.58 bits per heavy atom. The maximum Gasteiger partial charge on any atom is 0.320 e. The van der Waals surface area contributed by atoms with Gasteiger partial charge < -0.3 is 10.8 Å². The number of carboxylic acids is 1. The van der Waals surface area contributed by atoms with Gasteiger partial charge in [-0.05, 0) is 37.1 Å². The molecule has 0 spiro atoms. The second kappa shape index (κ2) is 5.19. The van der Waals surface area contributed by atoms with Crippen LogP contribution in [-0.4, -0.2) is 32.1 Å². The number of benzene rings is 1. The summed E-state index contributed by atoms with van der Waals surface area (Å²) in [5.41, 5.74) is 9.20. The van der Waals surface area contributed by atoms with E-state index in [1.165, 1.54) is 0 Å². The minimum absolute atomic E-state index is 0.167. The first kappa shape index (κ1) is 13.2. The Bertz CT molecular complexity index is 586. The molecule has 6 nitrogen and oxygen atoms in total. The molecule has 0 amide bonds. The van der Waals surface area contributed by atoms with Gasteiger partial charge in [-0.3, -0.25) is 4.79 Å². The summed E-state index contributed by atoms with van der Waals surface area (Å²) in [6.07, 6.45) is 1.87. The standard InChI is InChI=1S/C13H16N4O2/c1-8-3-9(2)5-11(4-8)17-7-10(15-16-17)6-12(14)13(18)19/h3-5,7,12H,6,14H2,1-2H3,(H,18,19). The third-order valence-corrected chi connectivity index (χ3v) is 2.76. The van der Waals surface area contributed by atoms with Crippen molar-refractivity contribution in [2.75, 3.05) is 0 Å². The zero-order valence-electron chi connectivity index (χ0n) is 10.9. The lowest BCUT2D eigenvalue weighted by atomic mass is 10.1. The highest BCUT2D eigenvalue weighted by Crippen LogP contribution is 2.13. The SMILES string of the molecule is Cc1cc(C)cc(-n2cc(CC(N)C(=O)O)nn2)c1. The van der Waals surface area contributed by atoms with Gasteiger partial charge in [-0.1, -0.05) is 11.3 Å². The van der Waals surface area contributed by atoms with Crippen LogP contribution in [0, 0.1) is 13.8 Å². The molecule has 0 saturated carbocycles. The summed E-state index contributed by atoms with van der Waals surface area (Å²) in [7, 11) is 0. The van der Waals surface area contributed by atoms with Crippen LogP contribution in [0.2, 0.25) is 0 Å². The summed E-state index contributed by atoms with van der Waals surface area (Å²) in [6.45, 7) is 4.02. The summed E-state index contributed by atoms with van der Waals surface area (Å²) in [4.78, 5) is 10.7. The number of aliphatic carboxylic acids is 1. The second-order valence-corrected chi connectivity index (χ2v) is 4.65. The largest absolute Gasteiger partial charge is 0.480 e. The van der Waals surface area contributed by atoms with E-state index >= 15 is 0 Å². The minimum Gasteiger partial charge on any atom is -0.480 e. The van der Waals surface area contributed by atoms with Gasteiger partial charge in [-0.2, -0.15) is 0 Å². The van der Waals surface area contributed by atoms with Crippen molar-refractivity contribution in [3.63, 3.8) is 0 Å². The smallest absolute Gasteiger partial charge is 0.320 e. The van der Waals surface area contributed by atoms with Crippen molar-refractivity contribution in [3.05, 3.63) is 41.2 Å². The third kappa shape index (κ3) is 3.17. The monoisotopic (exact) mass is 260 g/mol. The third-order valence-electron chi connectivity index (χ3n) is 2.76. The molecule has 2 aromatic rings. The molecule has 1 heterocycles. The zero-order chi connectivity index (χ0) is 14.0. The van der Waals surface area contributed by atoms with Crippen molar-refractivity contribution in [2.45, 2.75) is 26.3 Å². The fourth-order valence-corrected chi connectivity index (χ4v) is 1.91. The van der Waals surface area contributed by atoms with E-state index in [1.54, 1.807) is 10.9 Å². The molecule has 1 unspecified atom stereocenters. The van der Waals surface area contributed by atoms with E-state index in [4.69, 9.17) is 10.8 Å². The Morgan fingerprint density at radius 2 is 2.00 bits per heavy atom. The van der Waals surface area contributed by atoms with Crippen molar-refractivity contribution < 1.29 is 9.90 Å². The van der Waals surface area contributed by atoms with Crippen LogP contribution in [0.1, 0.15) is 16.8 Å². The minimum atomic E-state index is -1.04. The molecule has 1 aromatic carbocycles. The summed E-state index contributed by atoms with van der Waals surface area (Å²) >= 11 is 0. The van der Waals surface area contributed by atoms with Gasteiger partial charge in [0.05, 0.1) is 17.6 Å². The first-order chi connectivity index (χ1) is 8.95. The van der Waals surface area contributed by atoms with Gasteiger partial charge in [-0.25, -0.2) is 4.68 Å². The number of rotatable bonds is 4. The number of hydrogen-bond donors (Lipinski definition) is 2. The Morgan fingerprint density at radius 1 is 1.37 bits per heavy atom. The predicted molar refractivity (Wildman–Crippen MR) is 70.1 cm³/mol. The van der Waals surface area contributed by atoms with Crippen molar-refractivity contribution in [1.82, 2.24) is 15.0 Å². The van der Waals surface area contributed by atoms with Crippen LogP contribution in [0.25, 0.3) is 5.69 Å². The Labute approximate surface area is 110 Å². The number of aromatic nitrogens is 3. The van der Waals surface area contributed by atoms with Gasteiger partial charge in [0, 0.05) is 6.42 Å². The normalized spacial score (nSPS) is 12.4. The highest BCUT2D eigenvalue weighted by atomic mass is 16.4. The van der Waals surface area contributed by atoms with Crippen LogP contribution in [0.5, 0.6) is 0 Å². The highest BCUT2D eigenvalue weighted by molar-refractivity contribution is 5.73. The molecule has 0 bridgehead atoms. The molecule has 0 aliphatic rings. The molecule has 19 heavy (non-hydrogen) atoms.